The van der Waals surface area contributed by atoms with E-state index in [1.807, 2.05) is 0 Å². The Hall–Kier alpha value is -0.0400. The summed E-state index contributed by atoms with van der Waals surface area (Å²) in [7, 11) is 0. The summed E-state index contributed by atoms with van der Waals surface area (Å²) in [6, 6.07) is 1.05. The van der Waals surface area contributed by atoms with Crippen LogP contribution in [-0.4, -0.2) is 37.3 Å². The Morgan fingerprint density at radius 1 is 1.08 bits per heavy atom. The van der Waals surface area contributed by atoms with Crippen LogP contribution >= 0.6 is 24.0 Å². The molecule has 3 unspecified atom stereocenters. The number of hydrogen-bond donors (Lipinski definition) is 2. The number of halogens is 1. The van der Waals surface area contributed by atoms with E-state index >= 15 is 0 Å². The molecule has 0 radical (unpaired) electrons. The third-order valence-electron chi connectivity index (χ3n) is 6.39. The molecule has 2 saturated carbocycles. The third-order valence-corrected chi connectivity index (χ3v) is 6.39. The number of fused-ring (bicyclic) bond motifs is 1. The van der Waals surface area contributed by atoms with Gasteiger partial charge in [0.15, 0.2) is 5.96 Å². The maximum absolute atomic E-state index is 5.91. The molecule has 0 aromatic carbocycles. The minimum Gasteiger partial charge on any atom is -0.377 e. The zero-order valence-electron chi connectivity index (χ0n) is 16.0. The molecule has 1 heterocycles. The summed E-state index contributed by atoms with van der Waals surface area (Å²) in [4.78, 5) is 4.71. The van der Waals surface area contributed by atoms with Crippen molar-refractivity contribution in [2.75, 3.05) is 13.2 Å². The maximum Gasteiger partial charge on any atom is 0.191 e. The molecule has 3 fully saturated rings. The van der Waals surface area contributed by atoms with Crippen LogP contribution in [0, 0.1) is 16.7 Å². The van der Waals surface area contributed by atoms with Crippen LogP contribution in [0.3, 0.4) is 0 Å². The SMILES string of the molecule is CCN=C(NC1CCC(C)(C)CC1)NC1C2CCOC2C1(C)C.I. The maximum atomic E-state index is 5.91. The van der Waals surface area contributed by atoms with Crippen molar-refractivity contribution in [2.24, 2.45) is 21.7 Å². The monoisotopic (exact) mass is 449 g/mol. The molecule has 1 saturated heterocycles. The topological polar surface area (TPSA) is 45.7 Å². The van der Waals surface area contributed by atoms with Gasteiger partial charge in [0.05, 0.1) is 6.10 Å². The molecule has 5 heteroatoms. The van der Waals surface area contributed by atoms with E-state index in [0.717, 1.165) is 19.1 Å². The van der Waals surface area contributed by atoms with Gasteiger partial charge in [0.1, 0.15) is 0 Å². The van der Waals surface area contributed by atoms with Crippen LogP contribution in [0.2, 0.25) is 0 Å². The average Bonchev–Trinajstić information content (AvgIpc) is 2.94. The highest BCUT2D eigenvalue weighted by Crippen LogP contribution is 2.52. The second-order valence-electron chi connectivity index (χ2n) is 9.09. The van der Waals surface area contributed by atoms with Crippen molar-refractivity contribution >= 4 is 29.9 Å². The van der Waals surface area contributed by atoms with E-state index in [2.05, 4.69) is 45.3 Å². The van der Waals surface area contributed by atoms with Gasteiger partial charge in [0, 0.05) is 36.6 Å². The molecule has 4 nitrogen and oxygen atoms in total. The molecular weight excluding hydrogens is 413 g/mol. The van der Waals surface area contributed by atoms with Gasteiger partial charge in [-0.05, 0) is 44.4 Å². The minimum absolute atomic E-state index is 0. The molecule has 2 N–H and O–H groups in total. The van der Waals surface area contributed by atoms with Gasteiger partial charge in [-0.1, -0.05) is 27.7 Å². The van der Waals surface area contributed by atoms with Crippen molar-refractivity contribution in [3.8, 4) is 0 Å². The van der Waals surface area contributed by atoms with E-state index < -0.39 is 0 Å². The molecule has 2 aliphatic carbocycles. The highest BCUT2D eigenvalue weighted by Gasteiger charge is 2.59. The van der Waals surface area contributed by atoms with Crippen LogP contribution in [0.4, 0.5) is 0 Å². The van der Waals surface area contributed by atoms with Crippen LogP contribution in [0.5, 0.6) is 0 Å². The lowest BCUT2D eigenvalue weighted by Gasteiger charge is -2.55. The Bertz CT molecular complexity index is 454. The number of nitrogens with zero attached hydrogens (tertiary/aromatic N) is 1. The Balaban J connectivity index is 0.00000208. The van der Waals surface area contributed by atoms with Crippen molar-refractivity contribution in [1.29, 1.82) is 0 Å². The van der Waals surface area contributed by atoms with Crippen LogP contribution in [-0.2, 0) is 4.74 Å². The van der Waals surface area contributed by atoms with Crippen molar-refractivity contribution in [3.63, 3.8) is 0 Å². The molecule has 140 valence electrons. The van der Waals surface area contributed by atoms with Gasteiger partial charge in [-0.3, -0.25) is 4.99 Å². The fourth-order valence-corrected chi connectivity index (χ4v) is 4.79. The molecule has 0 bridgehead atoms. The van der Waals surface area contributed by atoms with Crippen molar-refractivity contribution in [2.45, 2.75) is 84.9 Å². The van der Waals surface area contributed by atoms with Gasteiger partial charge in [-0.15, -0.1) is 24.0 Å². The largest absolute Gasteiger partial charge is 0.377 e. The van der Waals surface area contributed by atoms with Crippen molar-refractivity contribution in [1.82, 2.24) is 10.6 Å². The molecule has 3 rings (SSSR count). The molecule has 24 heavy (non-hydrogen) atoms. The lowest BCUT2D eigenvalue weighted by molar-refractivity contribution is -0.106. The van der Waals surface area contributed by atoms with E-state index in [-0.39, 0.29) is 29.4 Å². The molecule has 0 aromatic rings. The Kier molecular flexibility index (Phi) is 6.49. The Morgan fingerprint density at radius 2 is 1.75 bits per heavy atom. The molecule has 0 aromatic heterocycles. The lowest BCUT2D eigenvalue weighted by atomic mass is 9.57. The third kappa shape index (κ3) is 4.02. The summed E-state index contributed by atoms with van der Waals surface area (Å²) < 4.78 is 5.91. The Labute approximate surface area is 165 Å². The van der Waals surface area contributed by atoms with E-state index in [1.54, 1.807) is 0 Å². The van der Waals surface area contributed by atoms with E-state index in [0.29, 0.717) is 29.5 Å². The zero-order valence-corrected chi connectivity index (χ0v) is 18.4. The minimum atomic E-state index is 0. The first-order chi connectivity index (χ1) is 10.8. The number of hydrogen-bond acceptors (Lipinski definition) is 2. The molecular formula is C19H36IN3O. The number of ether oxygens (including phenoxy) is 1. The number of nitrogens with one attached hydrogen (secondary N) is 2. The summed E-state index contributed by atoms with van der Waals surface area (Å²) in [5.74, 6) is 1.67. The predicted octanol–water partition coefficient (Wildman–Crippen LogP) is 3.94. The van der Waals surface area contributed by atoms with Gasteiger partial charge < -0.3 is 15.4 Å². The first-order valence-corrected chi connectivity index (χ1v) is 9.52. The zero-order chi connectivity index (χ0) is 16.7. The Morgan fingerprint density at radius 3 is 2.38 bits per heavy atom. The average molecular weight is 449 g/mol. The quantitative estimate of drug-likeness (QED) is 0.390. The van der Waals surface area contributed by atoms with E-state index in [4.69, 9.17) is 9.73 Å². The molecule has 1 aliphatic heterocycles. The van der Waals surface area contributed by atoms with Gasteiger partial charge >= 0.3 is 0 Å². The smallest absolute Gasteiger partial charge is 0.191 e. The summed E-state index contributed by atoms with van der Waals surface area (Å²) in [5, 5.41) is 7.45. The summed E-state index contributed by atoms with van der Waals surface area (Å²) in [6.45, 7) is 13.3. The molecule has 3 aliphatic rings. The molecule has 3 atom stereocenters. The van der Waals surface area contributed by atoms with Gasteiger partial charge in [0.25, 0.3) is 0 Å². The second kappa shape index (κ2) is 7.68. The first-order valence-electron chi connectivity index (χ1n) is 9.52. The van der Waals surface area contributed by atoms with Crippen LogP contribution < -0.4 is 10.6 Å². The fourth-order valence-electron chi connectivity index (χ4n) is 4.79. The summed E-state index contributed by atoms with van der Waals surface area (Å²) >= 11 is 0. The highest BCUT2D eigenvalue weighted by molar-refractivity contribution is 14.0. The number of aliphatic imine (C=N–C) groups is 1. The molecule has 0 amide bonds. The summed E-state index contributed by atoms with van der Waals surface area (Å²) in [5.41, 5.74) is 0.712. The van der Waals surface area contributed by atoms with Crippen LogP contribution in [0.25, 0.3) is 0 Å². The standard InChI is InChI=1S/C19H35N3O.HI/c1-6-20-17(21-13-7-10-18(2,3)11-8-13)22-15-14-9-12-23-16(14)19(15,4)5;/h13-16H,6-12H2,1-5H3,(H2,20,21,22);1H. The van der Waals surface area contributed by atoms with Gasteiger partial charge in [-0.25, -0.2) is 0 Å². The van der Waals surface area contributed by atoms with Gasteiger partial charge in [0.2, 0.25) is 0 Å². The molecule has 0 spiro atoms. The fraction of sp³-hybridized carbons (Fsp3) is 0.947. The van der Waals surface area contributed by atoms with Crippen LogP contribution in [0.1, 0.15) is 66.7 Å². The van der Waals surface area contributed by atoms with Crippen molar-refractivity contribution in [3.05, 3.63) is 0 Å². The summed E-state index contributed by atoms with van der Waals surface area (Å²) in [6.07, 6.45) is 6.72. The first kappa shape index (κ1) is 20.3. The number of rotatable bonds is 3. The van der Waals surface area contributed by atoms with Crippen LogP contribution in [0.15, 0.2) is 4.99 Å². The van der Waals surface area contributed by atoms with Gasteiger partial charge in [-0.2, -0.15) is 0 Å². The van der Waals surface area contributed by atoms with Crippen molar-refractivity contribution < 1.29 is 4.74 Å². The normalized spacial score (nSPS) is 34.7. The lowest BCUT2D eigenvalue weighted by Crippen LogP contribution is -2.68. The van der Waals surface area contributed by atoms with E-state index in [1.165, 1.54) is 32.1 Å². The highest BCUT2D eigenvalue weighted by atomic mass is 127. The van der Waals surface area contributed by atoms with E-state index in [9.17, 15) is 0 Å². The second-order valence-corrected chi connectivity index (χ2v) is 9.09. The number of guanidine groups is 1. The predicted molar refractivity (Wildman–Crippen MR) is 111 cm³/mol.